The Kier molecular flexibility index (Phi) is 1.91. The second-order valence-electron chi connectivity index (χ2n) is 3.07. The molecule has 0 aliphatic carbocycles. The molecule has 1 N–H and O–H groups in total. The molecule has 0 radical (unpaired) electrons. The van der Waals surface area contributed by atoms with Gasteiger partial charge in [0.15, 0.2) is 0 Å². The number of hydroxylamine groups is 2. The standard InChI is InChI=1S/C8H13NO2/c1-8(2)5-4-7(11-3)6-9(8)10/h4-6,10H,1-3H3. The number of nitrogens with zero attached hydrogens (tertiary/aromatic N) is 1. The number of ether oxygens (including phenoxy) is 1. The number of hydrogen-bond donors (Lipinski definition) is 1. The molecular formula is C8H13NO2. The summed E-state index contributed by atoms with van der Waals surface area (Å²) in [5.41, 5.74) is -0.331. The average molecular weight is 155 g/mol. The number of hydrogen-bond acceptors (Lipinski definition) is 3. The molecule has 1 heterocycles. The molecule has 1 aliphatic heterocycles. The maximum atomic E-state index is 9.36. The number of methoxy groups -OCH3 is 1. The molecule has 0 bridgehead atoms. The molecule has 0 saturated carbocycles. The molecule has 0 aromatic rings. The Labute approximate surface area is 66.5 Å². The van der Waals surface area contributed by atoms with E-state index in [1.54, 1.807) is 13.3 Å². The molecule has 0 unspecified atom stereocenters. The van der Waals surface area contributed by atoms with Gasteiger partial charge >= 0.3 is 0 Å². The summed E-state index contributed by atoms with van der Waals surface area (Å²) in [5.74, 6) is 0.659. The Morgan fingerprint density at radius 3 is 2.64 bits per heavy atom. The van der Waals surface area contributed by atoms with Gasteiger partial charge in [-0.1, -0.05) is 6.08 Å². The van der Waals surface area contributed by atoms with Gasteiger partial charge in [-0.15, -0.1) is 0 Å². The zero-order valence-corrected chi connectivity index (χ0v) is 7.03. The van der Waals surface area contributed by atoms with Gasteiger partial charge in [0, 0.05) is 0 Å². The Balaban J connectivity index is 2.80. The first-order chi connectivity index (χ1) is 5.06. The zero-order valence-electron chi connectivity index (χ0n) is 7.03. The van der Waals surface area contributed by atoms with Crippen LogP contribution in [0.2, 0.25) is 0 Å². The topological polar surface area (TPSA) is 32.7 Å². The lowest BCUT2D eigenvalue weighted by Gasteiger charge is -2.32. The molecule has 0 fully saturated rings. The van der Waals surface area contributed by atoms with E-state index in [4.69, 9.17) is 4.74 Å². The molecule has 3 heteroatoms. The summed E-state index contributed by atoms with van der Waals surface area (Å²) < 4.78 is 4.93. The van der Waals surface area contributed by atoms with Crippen molar-refractivity contribution in [3.05, 3.63) is 24.1 Å². The number of rotatable bonds is 1. The highest BCUT2D eigenvalue weighted by atomic mass is 16.5. The van der Waals surface area contributed by atoms with Gasteiger partial charge in [-0.05, 0) is 19.9 Å². The molecule has 1 rings (SSSR count). The van der Waals surface area contributed by atoms with Crippen LogP contribution in [0.1, 0.15) is 13.8 Å². The highest BCUT2D eigenvalue weighted by Gasteiger charge is 2.23. The molecule has 62 valence electrons. The lowest BCUT2D eigenvalue weighted by Crippen LogP contribution is -2.37. The minimum absolute atomic E-state index is 0.331. The van der Waals surface area contributed by atoms with Crippen LogP contribution in [0.4, 0.5) is 0 Å². The smallest absolute Gasteiger partial charge is 0.136 e. The van der Waals surface area contributed by atoms with Crippen molar-refractivity contribution < 1.29 is 9.94 Å². The number of allylic oxidation sites excluding steroid dienone is 1. The van der Waals surface area contributed by atoms with Crippen molar-refractivity contribution >= 4 is 0 Å². The van der Waals surface area contributed by atoms with Crippen LogP contribution >= 0.6 is 0 Å². The summed E-state index contributed by atoms with van der Waals surface area (Å²) in [6, 6.07) is 0. The fourth-order valence-electron chi connectivity index (χ4n) is 0.813. The predicted octanol–water partition coefficient (Wildman–Crippen LogP) is 1.51. The maximum absolute atomic E-state index is 9.36. The van der Waals surface area contributed by atoms with E-state index in [1.807, 2.05) is 26.0 Å². The first-order valence-corrected chi connectivity index (χ1v) is 3.49. The normalized spacial score (nSPS) is 21.5. The Morgan fingerprint density at radius 1 is 1.55 bits per heavy atom. The van der Waals surface area contributed by atoms with Gasteiger partial charge < -0.3 is 4.74 Å². The SMILES string of the molecule is COC1=CN(O)C(C)(C)C=C1. The third-order valence-corrected chi connectivity index (χ3v) is 1.73. The third kappa shape index (κ3) is 1.54. The van der Waals surface area contributed by atoms with Crippen LogP contribution in [-0.4, -0.2) is 22.9 Å². The molecule has 0 spiro atoms. The monoisotopic (exact) mass is 155 g/mol. The fourth-order valence-corrected chi connectivity index (χ4v) is 0.813. The van der Waals surface area contributed by atoms with Gasteiger partial charge in [-0.25, -0.2) is 0 Å². The Bertz CT molecular complexity index is 206. The molecule has 11 heavy (non-hydrogen) atoms. The van der Waals surface area contributed by atoms with Gasteiger partial charge in [0.1, 0.15) is 5.76 Å². The van der Waals surface area contributed by atoms with Crippen LogP contribution in [0.15, 0.2) is 24.1 Å². The van der Waals surface area contributed by atoms with E-state index in [0.29, 0.717) is 5.76 Å². The van der Waals surface area contributed by atoms with E-state index in [9.17, 15) is 5.21 Å². The second kappa shape index (κ2) is 2.58. The molecule has 3 nitrogen and oxygen atoms in total. The van der Waals surface area contributed by atoms with E-state index in [0.717, 1.165) is 5.06 Å². The van der Waals surface area contributed by atoms with Crippen LogP contribution < -0.4 is 0 Å². The van der Waals surface area contributed by atoms with Gasteiger partial charge in [0.05, 0.1) is 18.8 Å². The largest absolute Gasteiger partial charge is 0.495 e. The molecule has 1 aliphatic rings. The third-order valence-electron chi connectivity index (χ3n) is 1.73. The van der Waals surface area contributed by atoms with Crippen molar-refractivity contribution in [2.45, 2.75) is 19.4 Å². The van der Waals surface area contributed by atoms with E-state index in [-0.39, 0.29) is 5.54 Å². The first-order valence-electron chi connectivity index (χ1n) is 3.49. The molecular weight excluding hydrogens is 142 g/mol. The first kappa shape index (κ1) is 8.14. The zero-order chi connectivity index (χ0) is 8.48. The quantitative estimate of drug-likeness (QED) is 0.623. The molecule has 0 amide bonds. The van der Waals surface area contributed by atoms with Crippen LogP contribution in [0.3, 0.4) is 0 Å². The highest BCUT2D eigenvalue weighted by Crippen LogP contribution is 2.21. The lowest BCUT2D eigenvalue weighted by molar-refractivity contribution is -0.103. The summed E-state index contributed by atoms with van der Waals surface area (Å²) in [7, 11) is 1.57. The van der Waals surface area contributed by atoms with Crippen molar-refractivity contribution in [2.24, 2.45) is 0 Å². The van der Waals surface area contributed by atoms with E-state index < -0.39 is 0 Å². The van der Waals surface area contributed by atoms with Crippen molar-refractivity contribution in [1.29, 1.82) is 0 Å². The predicted molar refractivity (Wildman–Crippen MR) is 41.9 cm³/mol. The van der Waals surface area contributed by atoms with E-state index in [2.05, 4.69) is 0 Å². The summed E-state index contributed by atoms with van der Waals surface area (Å²) >= 11 is 0. The van der Waals surface area contributed by atoms with Crippen molar-refractivity contribution in [3.8, 4) is 0 Å². The van der Waals surface area contributed by atoms with Gasteiger partial charge in [-0.2, -0.15) is 0 Å². The van der Waals surface area contributed by atoms with Crippen LogP contribution in [0.25, 0.3) is 0 Å². The minimum atomic E-state index is -0.331. The van der Waals surface area contributed by atoms with Crippen molar-refractivity contribution in [2.75, 3.05) is 7.11 Å². The van der Waals surface area contributed by atoms with Crippen LogP contribution in [0, 0.1) is 0 Å². The average Bonchev–Trinajstić information content (AvgIpc) is 1.95. The maximum Gasteiger partial charge on any atom is 0.136 e. The Morgan fingerprint density at radius 2 is 2.18 bits per heavy atom. The van der Waals surface area contributed by atoms with E-state index in [1.165, 1.54) is 0 Å². The lowest BCUT2D eigenvalue weighted by atomic mass is 10.0. The summed E-state index contributed by atoms with van der Waals surface area (Å²) in [6.45, 7) is 3.82. The molecule has 0 aromatic carbocycles. The fraction of sp³-hybridized carbons (Fsp3) is 0.500. The van der Waals surface area contributed by atoms with Gasteiger partial charge in [0.2, 0.25) is 0 Å². The molecule has 0 aromatic heterocycles. The summed E-state index contributed by atoms with van der Waals surface area (Å²) in [5, 5.41) is 10.5. The van der Waals surface area contributed by atoms with Gasteiger partial charge in [-0.3, -0.25) is 10.3 Å². The van der Waals surface area contributed by atoms with Crippen molar-refractivity contribution in [1.82, 2.24) is 5.06 Å². The second-order valence-corrected chi connectivity index (χ2v) is 3.07. The van der Waals surface area contributed by atoms with Crippen LogP contribution in [-0.2, 0) is 4.74 Å². The highest BCUT2D eigenvalue weighted by molar-refractivity contribution is 5.21. The van der Waals surface area contributed by atoms with Gasteiger partial charge in [0.25, 0.3) is 0 Å². The summed E-state index contributed by atoms with van der Waals surface area (Å²) in [4.78, 5) is 0. The Hall–Kier alpha value is -0.960. The minimum Gasteiger partial charge on any atom is -0.495 e. The molecule has 0 saturated heterocycles. The van der Waals surface area contributed by atoms with Crippen LogP contribution in [0.5, 0.6) is 0 Å². The van der Waals surface area contributed by atoms with Crippen molar-refractivity contribution in [3.63, 3.8) is 0 Å². The molecule has 0 atom stereocenters. The summed E-state index contributed by atoms with van der Waals surface area (Å²) in [6.07, 6.45) is 5.28. The van der Waals surface area contributed by atoms with E-state index >= 15 is 0 Å².